The fourth-order valence-corrected chi connectivity index (χ4v) is 5.66. The molecule has 0 aliphatic carbocycles. The largest absolute Gasteiger partial charge is 0.497 e. The zero-order valence-corrected chi connectivity index (χ0v) is 23.8. The third-order valence-corrected chi connectivity index (χ3v) is 8.25. The van der Waals surface area contributed by atoms with Crippen LogP contribution in [-0.2, 0) is 26.2 Å². The highest BCUT2D eigenvalue weighted by molar-refractivity contribution is 7.92. The van der Waals surface area contributed by atoms with Gasteiger partial charge in [0.15, 0.2) is 0 Å². The van der Waals surface area contributed by atoms with Crippen molar-refractivity contribution in [2.24, 2.45) is 0 Å². The summed E-state index contributed by atoms with van der Waals surface area (Å²) in [6, 6.07) is 21.4. The van der Waals surface area contributed by atoms with Crippen molar-refractivity contribution < 1.29 is 22.7 Å². The van der Waals surface area contributed by atoms with E-state index in [4.69, 9.17) is 4.74 Å². The number of sulfonamides is 1. The standard InChI is InChI=1S/C30H37N3O5S/c1-5-6-19-31-30(35)24(3)32(21-25-14-12-15-26(20-25)38-4)29(34)22-33(28-18-11-10-13-23(28)2)39(36,37)27-16-8-7-9-17-27/h7-18,20,24H,5-6,19,21-22H2,1-4H3,(H,31,35). The molecule has 0 aliphatic heterocycles. The molecule has 3 aromatic rings. The number of carbonyl (C=O) groups is 2. The van der Waals surface area contributed by atoms with Crippen LogP contribution in [0.5, 0.6) is 5.75 Å². The van der Waals surface area contributed by atoms with Gasteiger partial charge in [0.1, 0.15) is 18.3 Å². The number of methoxy groups -OCH3 is 1. The number of ether oxygens (including phenoxy) is 1. The third kappa shape index (κ3) is 7.60. The van der Waals surface area contributed by atoms with Crippen LogP contribution in [-0.4, -0.2) is 51.4 Å². The zero-order chi connectivity index (χ0) is 28.4. The Balaban J connectivity index is 2.01. The summed E-state index contributed by atoms with van der Waals surface area (Å²) in [6.07, 6.45) is 1.74. The van der Waals surface area contributed by atoms with E-state index in [9.17, 15) is 18.0 Å². The van der Waals surface area contributed by atoms with E-state index < -0.39 is 28.5 Å². The molecule has 0 aromatic heterocycles. The number of carbonyl (C=O) groups excluding carboxylic acids is 2. The van der Waals surface area contributed by atoms with Gasteiger partial charge in [-0.15, -0.1) is 0 Å². The molecule has 3 rings (SSSR count). The summed E-state index contributed by atoms with van der Waals surface area (Å²) in [6.45, 7) is 5.61. The van der Waals surface area contributed by atoms with E-state index in [1.165, 1.54) is 17.0 Å². The highest BCUT2D eigenvalue weighted by Crippen LogP contribution is 2.27. The number of aryl methyl sites for hydroxylation is 1. The molecule has 0 radical (unpaired) electrons. The summed E-state index contributed by atoms with van der Waals surface area (Å²) in [5, 5.41) is 2.89. The molecule has 9 heteroatoms. The molecular formula is C30H37N3O5S. The fraction of sp³-hybridized carbons (Fsp3) is 0.333. The number of nitrogens with one attached hydrogen (secondary N) is 1. The Morgan fingerprint density at radius 3 is 2.33 bits per heavy atom. The van der Waals surface area contributed by atoms with Gasteiger partial charge in [0.05, 0.1) is 17.7 Å². The van der Waals surface area contributed by atoms with Crippen molar-refractivity contribution in [3.8, 4) is 5.75 Å². The first-order valence-corrected chi connectivity index (χ1v) is 14.5. The van der Waals surface area contributed by atoms with Crippen molar-refractivity contribution in [3.63, 3.8) is 0 Å². The first-order chi connectivity index (χ1) is 18.7. The average molecular weight is 552 g/mol. The monoisotopic (exact) mass is 551 g/mol. The van der Waals surface area contributed by atoms with Gasteiger partial charge < -0.3 is 15.0 Å². The fourth-order valence-electron chi connectivity index (χ4n) is 4.16. The number of rotatable bonds is 13. The molecule has 8 nitrogen and oxygen atoms in total. The van der Waals surface area contributed by atoms with Gasteiger partial charge in [-0.25, -0.2) is 8.42 Å². The topological polar surface area (TPSA) is 96.0 Å². The number of hydrogen-bond donors (Lipinski definition) is 1. The van der Waals surface area contributed by atoms with Crippen LogP contribution in [0.25, 0.3) is 0 Å². The summed E-state index contributed by atoms with van der Waals surface area (Å²) in [4.78, 5) is 28.5. The van der Waals surface area contributed by atoms with E-state index in [2.05, 4.69) is 5.32 Å². The van der Waals surface area contributed by atoms with Crippen LogP contribution < -0.4 is 14.4 Å². The molecule has 1 unspecified atom stereocenters. The molecule has 0 saturated carbocycles. The maximum Gasteiger partial charge on any atom is 0.264 e. The van der Waals surface area contributed by atoms with Crippen LogP contribution in [0.15, 0.2) is 83.8 Å². The van der Waals surface area contributed by atoms with Crippen LogP contribution in [0, 0.1) is 6.92 Å². The molecule has 0 heterocycles. The zero-order valence-electron chi connectivity index (χ0n) is 23.0. The van der Waals surface area contributed by atoms with E-state index in [0.717, 1.165) is 22.7 Å². The van der Waals surface area contributed by atoms with Crippen LogP contribution in [0.4, 0.5) is 5.69 Å². The molecule has 0 aliphatic rings. The van der Waals surface area contributed by atoms with Crippen molar-refractivity contribution in [1.82, 2.24) is 10.2 Å². The van der Waals surface area contributed by atoms with Crippen molar-refractivity contribution in [2.45, 2.75) is 51.1 Å². The molecule has 0 spiro atoms. The predicted octanol–water partition coefficient (Wildman–Crippen LogP) is 4.53. The van der Waals surface area contributed by atoms with Crippen LogP contribution in [0.2, 0.25) is 0 Å². The Kier molecular flexibility index (Phi) is 10.5. The van der Waals surface area contributed by atoms with Gasteiger partial charge in [-0.2, -0.15) is 0 Å². The molecule has 0 fully saturated rings. The number of benzene rings is 3. The van der Waals surface area contributed by atoms with Crippen LogP contribution in [0.3, 0.4) is 0 Å². The van der Waals surface area contributed by atoms with E-state index >= 15 is 0 Å². The Hall–Kier alpha value is -3.85. The second-order valence-electron chi connectivity index (χ2n) is 9.30. The Bertz CT molecular complexity index is 1360. The maximum atomic E-state index is 14.0. The molecule has 0 bridgehead atoms. The van der Waals surface area contributed by atoms with Crippen LogP contribution in [0.1, 0.15) is 37.8 Å². The molecule has 1 atom stereocenters. The first-order valence-electron chi connectivity index (χ1n) is 13.0. The number of hydrogen-bond acceptors (Lipinski definition) is 5. The van der Waals surface area contributed by atoms with Crippen LogP contribution >= 0.6 is 0 Å². The van der Waals surface area contributed by atoms with Crippen molar-refractivity contribution in [1.29, 1.82) is 0 Å². The molecule has 1 N–H and O–H groups in total. The number of unbranched alkanes of at least 4 members (excludes halogenated alkanes) is 1. The van der Waals surface area contributed by atoms with Gasteiger partial charge in [-0.05, 0) is 61.7 Å². The Morgan fingerprint density at radius 1 is 0.974 bits per heavy atom. The molecule has 208 valence electrons. The highest BCUT2D eigenvalue weighted by atomic mass is 32.2. The van der Waals surface area contributed by atoms with Gasteiger partial charge in [0.2, 0.25) is 11.8 Å². The lowest BCUT2D eigenvalue weighted by Gasteiger charge is -2.32. The smallest absolute Gasteiger partial charge is 0.264 e. The van der Waals surface area contributed by atoms with Gasteiger partial charge >= 0.3 is 0 Å². The third-order valence-electron chi connectivity index (χ3n) is 6.48. The van der Waals surface area contributed by atoms with Crippen molar-refractivity contribution in [3.05, 3.63) is 90.0 Å². The summed E-state index contributed by atoms with van der Waals surface area (Å²) < 4.78 is 34.1. The number of nitrogens with zero attached hydrogens (tertiary/aromatic N) is 2. The molecule has 3 aromatic carbocycles. The highest BCUT2D eigenvalue weighted by Gasteiger charge is 2.33. The Morgan fingerprint density at radius 2 is 1.67 bits per heavy atom. The summed E-state index contributed by atoms with van der Waals surface area (Å²) >= 11 is 0. The maximum absolute atomic E-state index is 14.0. The average Bonchev–Trinajstić information content (AvgIpc) is 2.95. The SMILES string of the molecule is CCCCNC(=O)C(C)N(Cc1cccc(OC)c1)C(=O)CN(c1ccccc1C)S(=O)(=O)c1ccccc1. The molecule has 0 saturated heterocycles. The summed E-state index contributed by atoms with van der Waals surface area (Å²) in [5.41, 5.74) is 1.86. The molecule has 39 heavy (non-hydrogen) atoms. The number of amides is 2. The van der Waals surface area contributed by atoms with E-state index in [0.29, 0.717) is 23.5 Å². The second kappa shape index (κ2) is 13.8. The minimum atomic E-state index is -4.09. The lowest BCUT2D eigenvalue weighted by Crippen LogP contribution is -2.51. The number of para-hydroxylation sites is 1. The van der Waals surface area contributed by atoms with Gasteiger partial charge in [-0.1, -0.05) is 61.9 Å². The summed E-state index contributed by atoms with van der Waals surface area (Å²) in [5.74, 6) is -0.181. The summed E-state index contributed by atoms with van der Waals surface area (Å²) in [7, 11) is -2.53. The van der Waals surface area contributed by atoms with Crippen molar-refractivity contribution >= 4 is 27.5 Å². The normalized spacial score (nSPS) is 11.9. The van der Waals surface area contributed by atoms with Gasteiger partial charge in [0.25, 0.3) is 10.0 Å². The van der Waals surface area contributed by atoms with E-state index in [1.54, 1.807) is 69.5 Å². The lowest BCUT2D eigenvalue weighted by atomic mass is 10.1. The predicted molar refractivity (Wildman–Crippen MR) is 153 cm³/mol. The molecular weight excluding hydrogens is 514 g/mol. The van der Waals surface area contributed by atoms with E-state index in [-0.39, 0.29) is 17.3 Å². The minimum Gasteiger partial charge on any atom is -0.497 e. The Labute approximate surface area is 231 Å². The van der Waals surface area contributed by atoms with E-state index in [1.807, 2.05) is 25.1 Å². The first kappa shape index (κ1) is 29.7. The number of anilines is 1. The molecule has 2 amide bonds. The van der Waals surface area contributed by atoms with Crippen molar-refractivity contribution in [2.75, 3.05) is 24.5 Å². The lowest BCUT2D eigenvalue weighted by molar-refractivity contribution is -0.139. The second-order valence-corrected chi connectivity index (χ2v) is 11.2. The van der Waals surface area contributed by atoms with Gasteiger partial charge in [0, 0.05) is 13.1 Å². The minimum absolute atomic E-state index is 0.0748. The quantitative estimate of drug-likeness (QED) is 0.315. The van der Waals surface area contributed by atoms with Gasteiger partial charge in [-0.3, -0.25) is 13.9 Å².